The molecule has 0 amide bonds. The number of rotatable bonds is 1. The van der Waals surface area contributed by atoms with Crippen LogP contribution in [0.4, 0.5) is 0 Å². The SMILES string of the molecule is O=c1[nH]c(C23CC4CC(CC(C4)C2)C3)c(Br)c(=O)[nH]1. The molecule has 1 aromatic heterocycles. The van der Waals surface area contributed by atoms with Crippen molar-refractivity contribution in [1.29, 1.82) is 0 Å². The predicted molar refractivity (Wildman–Crippen MR) is 75.2 cm³/mol. The summed E-state index contributed by atoms with van der Waals surface area (Å²) in [6, 6.07) is 0. The first-order valence-electron chi connectivity index (χ1n) is 7.08. The second-order valence-electron chi connectivity index (χ2n) is 6.80. The van der Waals surface area contributed by atoms with Crippen LogP contribution in [-0.4, -0.2) is 9.97 Å². The van der Waals surface area contributed by atoms with Crippen LogP contribution in [0.15, 0.2) is 14.1 Å². The normalized spacial score (nSPS) is 39.7. The van der Waals surface area contributed by atoms with E-state index < -0.39 is 0 Å². The van der Waals surface area contributed by atoms with Gasteiger partial charge in [0.05, 0.1) is 0 Å². The number of halogens is 1. The molecular formula is C14H17BrN2O2. The third-order valence-corrected chi connectivity index (χ3v) is 6.21. The van der Waals surface area contributed by atoms with Gasteiger partial charge in [0.15, 0.2) is 0 Å². The lowest BCUT2D eigenvalue weighted by Gasteiger charge is -2.56. The third kappa shape index (κ3) is 1.70. The fourth-order valence-corrected chi connectivity index (χ4v) is 5.87. The summed E-state index contributed by atoms with van der Waals surface area (Å²) in [5.41, 5.74) is 0.231. The largest absolute Gasteiger partial charge is 0.325 e. The standard InChI is InChI=1S/C14H17BrN2O2/c15-10-11(16-13(19)17-12(10)18)14-4-7-1-8(5-14)3-9(2-7)6-14/h7-9H,1-6H2,(H2,16,17,18,19). The molecule has 4 aliphatic carbocycles. The van der Waals surface area contributed by atoms with Crippen molar-refractivity contribution in [2.24, 2.45) is 17.8 Å². The fourth-order valence-electron chi connectivity index (χ4n) is 5.25. The van der Waals surface area contributed by atoms with Crippen molar-refractivity contribution < 1.29 is 0 Å². The van der Waals surface area contributed by atoms with Crippen molar-refractivity contribution in [2.45, 2.75) is 43.9 Å². The van der Waals surface area contributed by atoms with Crippen molar-refractivity contribution in [3.63, 3.8) is 0 Å². The number of aromatic nitrogens is 2. The molecule has 0 radical (unpaired) electrons. The lowest BCUT2D eigenvalue weighted by molar-refractivity contribution is -0.00780. The maximum atomic E-state index is 11.8. The average molecular weight is 325 g/mol. The number of hydrogen-bond donors (Lipinski definition) is 2. The van der Waals surface area contributed by atoms with Crippen LogP contribution in [0, 0.1) is 17.8 Å². The zero-order valence-electron chi connectivity index (χ0n) is 10.7. The van der Waals surface area contributed by atoms with E-state index in [1.807, 2.05) is 0 Å². The number of hydrogen-bond acceptors (Lipinski definition) is 2. The number of aromatic amines is 2. The molecule has 4 saturated carbocycles. The third-order valence-electron chi connectivity index (χ3n) is 5.45. The van der Waals surface area contributed by atoms with Gasteiger partial charge in [-0.05, 0) is 72.2 Å². The fraction of sp³-hybridized carbons (Fsp3) is 0.714. The maximum absolute atomic E-state index is 11.8. The van der Waals surface area contributed by atoms with Crippen molar-refractivity contribution >= 4 is 15.9 Å². The second-order valence-corrected chi connectivity index (χ2v) is 7.59. The molecule has 1 heterocycles. The highest BCUT2D eigenvalue weighted by Crippen LogP contribution is 2.60. The van der Waals surface area contributed by atoms with Crippen LogP contribution in [0.25, 0.3) is 0 Å². The molecule has 5 rings (SSSR count). The summed E-state index contributed by atoms with van der Waals surface area (Å²) in [6.07, 6.45) is 7.46. The summed E-state index contributed by atoms with van der Waals surface area (Å²) < 4.78 is 0.536. The molecule has 102 valence electrons. The topological polar surface area (TPSA) is 65.7 Å². The van der Waals surface area contributed by atoms with E-state index >= 15 is 0 Å². The molecule has 0 aromatic carbocycles. The Morgan fingerprint density at radius 3 is 2.00 bits per heavy atom. The molecule has 0 aliphatic heterocycles. The number of H-pyrrole nitrogens is 2. The van der Waals surface area contributed by atoms with Gasteiger partial charge < -0.3 is 4.98 Å². The Morgan fingerprint density at radius 1 is 0.947 bits per heavy atom. The second kappa shape index (κ2) is 3.84. The first kappa shape index (κ1) is 11.9. The predicted octanol–water partition coefficient (Wildman–Crippen LogP) is 2.29. The zero-order chi connectivity index (χ0) is 13.2. The molecule has 5 heteroatoms. The Morgan fingerprint density at radius 2 is 1.47 bits per heavy atom. The van der Waals surface area contributed by atoms with Gasteiger partial charge in [-0.15, -0.1) is 0 Å². The molecule has 4 nitrogen and oxygen atoms in total. The van der Waals surface area contributed by atoms with Crippen LogP contribution >= 0.6 is 15.9 Å². The van der Waals surface area contributed by atoms with Crippen molar-refractivity contribution in [1.82, 2.24) is 9.97 Å². The first-order valence-corrected chi connectivity index (χ1v) is 7.88. The molecule has 1 aromatic rings. The molecule has 0 unspecified atom stereocenters. The summed E-state index contributed by atoms with van der Waals surface area (Å²) in [7, 11) is 0. The first-order chi connectivity index (χ1) is 9.06. The summed E-state index contributed by atoms with van der Waals surface area (Å²) in [5, 5.41) is 0. The van der Waals surface area contributed by atoms with Gasteiger partial charge in [0, 0.05) is 11.1 Å². The van der Waals surface area contributed by atoms with Crippen LogP contribution in [0.3, 0.4) is 0 Å². The maximum Gasteiger partial charge on any atom is 0.325 e. The Labute approximate surface area is 119 Å². The van der Waals surface area contributed by atoms with E-state index in [0.717, 1.165) is 42.7 Å². The Hall–Kier alpha value is -0.840. The lowest BCUT2D eigenvalue weighted by atomic mass is 9.49. The molecule has 0 atom stereocenters. The lowest BCUT2D eigenvalue weighted by Crippen LogP contribution is -2.50. The van der Waals surface area contributed by atoms with E-state index in [-0.39, 0.29) is 16.7 Å². The highest BCUT2D eigenvalue weighted by atomic mass is 79.9. The molecule has 0 spiro atoms. The monoisotopic (exact) mass is 324 g/mol. The van der Waals surface area contributed by atoms with E-state index in [9.17, 15) is 9.59 Å². The molecule has 4 fully saturated rings. The van der Waals surface area contributed by atoms with E-state index in [4.69, 9.17) is 0 Å². The molecule has 2 N–H and O–H groups in total. The van der Waals surface area contributed by atoms with Crippen LogP contribution in [0.1, 0.15) is 44.2 Å². The average Bonchev–Trinajstić information content (AvgIpc) is 2.32. The smallest absolute Gasteiger partial charge is 0.310 e. The highest BCUT2D eigenvalue weighted by Gasteiger charge is 2.52. The van der Waals surface area contributed by atoms with Gasteiger partial charge in [0.2, 0.25) is 0 Å². The van der Waals surface area contributed by atoms with Gasteiger partial charge >= 0.3 is 5.69 Å². The van der Waals surface area contributed by atoms with Crippen molar-refractivity contribution in [3.05, 3.63) is 31.0 Å². The quantitative estimate of drug-likeness (QED) is 0.832. The number of nitrogens with one attached hydrogen (secondary N) is 2. The van der Waals surface area contributed by atoms with Crippen LogP contribution in [0.2, 0.25) is 0 Å². The van der Waals surface area contributed by atoms with Gasteiger partial charge in [-0.3, -0.25) is 9.78 Å². The Kier molecular flexibility index (Phi) is 2.41. The molecule has 0 saturated heterocycles. The van der Waals surface area contributed by atoms with E-state index in [1.165, 1.54) is 19.3 Å². The summed E-state index contributed by atoms with van der Waals surface area (Å²) >= 11 is 3.39. The summed E-state index contributed by atoms with van der Waals surface area (Å²) in [6.45, 7) is 0. The minimum Gasteiger partial charge on any atom is -0.310 e. The molecule has 4 bridgehead atoms. The van der Waals surface area contributed by atoms with E-state index in [2.05, 4.69) is 25.9 Å². The van der Waals surface area contributed by atoms with Gasteiger partial charge in [-0.2, -0.15) is 0 Å². The minimum atomic E-state index is -0.376. The van der Waals surface area contributed by atoms with E-state index in [1.54, 1.807) is 0 Å². The molecule has 19 heavy (non-hydrogen) atoms. The van der Waals surface area contributed by atoms with Gasteiger partial charge in [0.25, 0.3) is 5.56 Å². The van der Waals surface area contributed by atoms with Crippen LogP contribution in [0.5, 0.6) is 0 Å². The molecule has 4 aliphatic rings. The summed E-state index contributed by atoms with van der Waals surface area (Å²) in [5.74, 6) is 2.38. The van der Waals surface area contributed by atoms with Crippen LogP contribution in [-0.2, 0) is 5.41 Å². The van der Waals surface area contributed by atoms with Gasteiger partial charge in [0.1, 0.15) is 4.47 Å². The van der Waals surface area contributed by atoms with E-state index in [0.29, 0.717) is 4.47 Å². The van der Waals surface area contributed by atoms with Crippen LogP contribution < -0.4 is 11.2 Å². The van der Waals surface area contributed by atoms with Crippen molar-refractivity contribution in [2.75, 3.05) is 0 Å². The minimum absolute atomic E-state index is 0.0427. The highest BCUT2D eigenvalue weighted by molar-refractivity contribution is 9.10. The Balaban J connectivity index is 1.88. The van der Waals surface area contributed by atoms with Gasteiger partial charge in [-0.25, -0.2) is 4.79 Å². The zero-order valence-corrected chi connectivity index (χ0v) is 12.3. The Bertz CT molecular complexity index is 610. The molecular weight excluding hydrogens is 308 g/mol. The van der Waals surface area contributed by atoms with Gasteiger partial charge in [-0.1, -0.05) is 0 Å². The summed E-state index contributed by atoms with van der Waals surface area (Å²) in [4.78, 5) is 28.7. The van der Waals surface area contributed by atoms with Crippen molar-refractivity contribution in [3.8, 4) is 0 Å².